The van der Waals surface area contributed by atoms with E-state index in [9.17, 15) is 9.90 Å². The van der Waals surface area contributed by atoms with E-state index in [1.807, 2.05) is 10.9 Å². The summed E-state index contributed by atoms with van der Waals surface area (Å²) in [6.45, 7) is 9.74. The predicted molar refractivity (Wildman–Crippen MR) is 119 cm³/mol. The number of hydrogen-bond acceptors (Lipinski definition) is 3. The van der Waals surface area contributed by atoms with Crippen molar-refractivity contribution in [2.24, 2.45) is 28.6 Å². The Hall–Kier alpha value is -1.68. The molecule has 4 aliphatic rings. The van der Waals surface area contributed by atoms with Gasteiger partial charge in [0, 0.05) is 23.2 Å². The van der Waals surface area contributed by atoms with Gasteiger partial charge in [-0.1, -0.05) is 25.5 Å². The summed E-state index contributed by atoms with van der Waals surface area (Å²) < 4.78 is 2.00. The van der Waals surface area contributed by atoms with Crippen LogP contribution in [0.5, 0.6) is 0 Å². The SMILES string of the molecule is CCn1ncc(/C=C2/C[C@H]3[C@@H]4CC=C5C[C@H](O)CC[C@]5(C)[C@@H]4CC[C@]3(C)C2=O)c1C. The molecular formula is C26H36N2O2. The van der Waals surface area contributed by atoms with Crippen LogP contribution in [-0.4, -0.2) is 26.8 Å². The number of allylic oxidation sites excluding steroid dienone is 2. The van der Waals surface area contributed by atoms with Gasteiger partial charge in [-0.05, 0) is 93.6 Å². The van der Waals surface area contributed by atoms with Crippen LogP contribution >= 0.6 is 0 Å². The molecule has 0 radical (unpaired) electrons. The van der Waals surface area contributed by atoms with Gasteiger partial charge in [0.15, 0.2) is 5.78 Å². The summed E-state index contributed by atoms with van der Waals surface area (Å²) in [5.41, 5.74) is 4.76. The van der Waals surface area contributed by atoms with Crippen LogP contribution in [0.25, 0.3) is 6.08 Å². The molecule has 1 aromatic heterocycles. The first-order chi connectivity index (χ1) is 14.3. The first-order valence-electron chi connectivity index (χ1n) is 11.9. The van der Waals surface area contributed by atoms with Gasteiger partial charge in [-0.25, -0.2) is 0 Å². The molecule has 4 heteroatoms. The topological polar surface area (TPSA) is 55.1 Å². The van der Waals surface area contributed by atoms with Gasteiger partial charge in [0.25, 0.3) is 0 Å². The summed E-state index contributed by atoms with van der Waals surface area (Å²) in [5.74, 6) is 2.06. The molecule has 5 rings (SSSR count). The molecule has 0 aromatic carbocycles. The molecule has 0 saturated heterocycles. The molecule has 0 spiro atoms. The number of ketones is 1. The predicted octanol–water partition coefficient (Wildman–Crippen LogP) is 5.10. The second kappa shape index (κ2) is 6.91. The smallest absolute Gasteiger partial charge is 0.165 e. The van der Waals surface area contributed by atoms with Crippen LogP contribution in [0.15, 0.2) is 23.4 Å². The highest BCUT2D eigenvalue weighted by Gasteiger charge is 2.59. The molecule has 0 bridgehead atoms. The molecule has 1 N–H and O–H groups in total. The maximum Gasteiger partial charge on any atom is 0.165 e. The van der Waals surface area contributed by atoms with Gasteiger partial charge in [-0.2, -0.15) is 5.10 Å². The molecular weight excluding hydrogens is 372 g/mol. The van der Waals surface area contributed by atoms with Crippen LogP contribution < -0.4 is 0 Å². The number of hydrogen-bond donors (Lipinski definition) is 1. The number of nitrogens with zero attached hydrogens (tertiary/aromatic N) is 2. The monoisotopic (exact) mass is 408 g/mol. The number of carbonyl (C=O) groups excluding carboxylic acids is 1. The Balaban J connectivity index is 1.48. The molecule has 0 aliphatic heterocycles. The summed E-state index contributed by atoms with van der Waals surface area (Å²) in [6.07, 6.45) is 13.3. The van der Waals surface area contributed by atoms with Crippen LogP contribution in [0.4, 0.5) is 0 Å². The van der Waals surface area contributed by atoms with Crippen molar-refractivity contribution in [3.05, 3.63) is 34.7 Å². The number of carbonyl (C=O) groups is 1. The lowest BCUT2D eigenvalue weighted by Crippen LogP contribution is -2.50. The van der Waals surface area contributed by atoms with Gasteiger partial charge in [-0.3, -0.25) is 9.48 Å². The van der Waals surface area contributed by atoms with E-state index >= 15 is 0 Å². The molecule has 0 amide bonds. The largest absolute Gasteiger partial charge is 0.393 e. The van der Waals surface area contributed by atoms with Gasteiger partial charge >= 0.3 is 0 Å². The van der Waals surface area contributed by atoms with Crippen LogP contribution in [0, 0.1) is 35.5 Å². The highest BCUT2D eigenvalue weighted by Crippen LogP contribution is 2.64. The number of aryl methyl sites for hydroxylation is 1. The van der Waals surface area contributed by atoms with Gasteiger partial charge in [0.1, 0.15) is 0 Å². The second-order valence-electron chi connectivity index (χ2n) is 10.8. The molecule has 4 aliphatic carbocycles. The highest BCUT2D eigenvalue weighted by atomic mass is 16.3. The van der Waals surface area contributed by atoms with E-state index in [0.717, 1.165) is 68.3 Å². The average Bonchev–Trinajstić information content (AvgIpc) is 3.20. The molecule has 6 atom stereocenters. The number of fused-ring (bicyclic) bond motifs is 5. The van der Waals surface area contributed by atoms with Crippen molar-refractivity contribution in [2.75, 3.05) is 0 Å². The van der Waals surface area contributed by atoms with Gasteiger partial charge in [0.05, 0.1) is 12.3 Å². The summed E-state index contributed by atoms with van der Waals surface area (Å²) in [6, 6.07) is 0. The number of Topliss-reactive ketones (excluding diaryl/α,β-unsaturated/α-hetero) is 1. The molecule has 3 fully saturated rings. The molecule has 4 nitrogen and oxygen atoms in total. The number of rotatable bonds is 2. The van der Waals surface area contributed by atoms with Crippen molar-refractivity contribution < 1.29 is 9.90 Å². The fourth-order valence-electron chi connectivity index (χ4n) is 7.55. The second-order valence-corrected chi connectivity index (χ2v) is 10.8. The molecule has 3 saturated carbocycles. The van der Waals surface area contributed by atoms with E-state index in [1.165, 1.54) is 5.57 Å². The third-order valence-electron chi connectivity index (χ3n) is 9.49. The zero-order valence-corrected chi connectivity index (χ0v) is 18.9. The van der Waals surface area contributed by atoms with E-state index in [2.05, 4.69) is 44.9 Å². The van der Waals surface area contributed by atoms with Crippen molar-refractivity contribution in [3.63, 3.8) is 0 Å². The fourth-order valence-corrected chi connectivity index (χ4v) is 7.55. The van der Waals surface area contributed by atoms with Gasteiger partial charge < -0.3 is 5.11 Å². The maximum absolute atomic E-state index is 13.6. The third-order valence-corrected chi connectivity index (χ3v) is 9.49. The molecule has 1 heterocycles. The zero-order chi connectivity index (χ0) is 21.3. The normalized spacial score (nSPS) is 42.0. The molecule has 162 valence electrons. The Morgan fingerprint density at radius 1 is 1.20 bits per heavy atom. The first-order valence-corrected chi connectivity index (χ1v) is 11.9. The summed E-state index contributed by atoms with van der Waals surface area (Å²) in [7, 11) is 0. The Labute approximate surface area is 180 Å². The standard InChI is InChI=1S/C26H36N2O2/c1-5-28-16(2)18(15-27-28)12-17-13-23-21-7-6-19-14-20(29)8-10-25(19,3)22(21)9-11-26(23,4)24(17)30/h6,12,15,20-23,29H,5,7-11,13-14H2,1-4H3/b17-12-/t20-,21-,22-,23+,25+,26+/m1/s1. The zero-order valence-electron chi connectivity index (χ0n) is 18.9. The Morgan fingerprint density at radius 3 is 2.70 bits per heavy atom. The minimum atomic E-state index is -0.211. The van der Waals surface area contributed by atoms with Crippen molar-refractivity contribution in [1.29, 1.82) is 0 Å². The van der Waals surface area contributed by atoms with E-state index in [1.54, 1.807) is 0 Å². The maximum atomic E-state index is 13.6. The van der Waals surface area contributed by atoms with Crippen LogP contribution in [0.3, 0.4) is 0 Å². The lowest BCUT2D eigenvalue weighted by Gasteiger charge is -2.56. The lowest BCUT2D eigenvalue weighted by atomic mass is 9.48. The first kappa shape index (κ1) is 20.2. The van der Waals surface area contributed by atoms with E-state index < -0.39 is 0 Å². The fraction of sp³-hybridized carbons (Fsp3) is 0.692. The van der Waals surface area contributed by atoms with Crippen LogP contribution in [0.2, 0.25) is 0 Å². The van der Waals surface area contributed by atoms with E-state index in [-0.39, 0.29) is 16.9 Å². The van der Waals surface area contributed by atoms with Gasteiger partial charge in [0.2, 0.25) is 0 Å². The van der Waals surface area contributed by atoms with Gasteiger partial charge in [-0.15, -0.1) is 0 Å². The van der Waals surface area contributed by atoms with Crippen molar-refractivity contribution in [2.45, 2.75) is 85.3 Å². The number of aliphatic hydroxyl groups excluding tert-OH is 1. The van der Waals surface area contributed by atoms with Crippen LogP contribution in [0.1, 0.15) is 77.0 Å². The Kier molecular flexibility index (Phi) is 4.66. The average molecular weight is 409 g/mol. The number of aromatic nitrogens is 2. The Bertz CT molecular complexity index is 941. The third kappa shape index (κ3) is 2.75. The van der Waals surface area contributed by atoms with Crippen molar-refractivity contribution in [3.8, 4) is 0 Å². The molecule has 1 aromatic rings. The van der Waals surface area contributed by atoms with Crippen molar-refractivity contribution >= 4 is 11.9 Å². The summed E-state index contributed by atoms with van der Waals surface area (Å²) in [4.78, 5) is 13.6. The lowest BCUT2D eigenvalue weighted by molar-refractivity contribution is -0.130. The summed E-state index contributed by atoms with van der Waals surface area (Å²) >= 11 is 0. The van der Waals surface area contributed by atoms with Crippen molar-refractivity contribution in [1.82, 2.24) is 9.78 Å². The van der Waals surface area contributed by atoms with E-state index in [4.69, 9.17) is 0 Å². The minimum Gasteiger partial charge on any atom is -0.393 e. The quantitative estimate of drug-likeness (QED) is 0.547. The molecule has 0 unspecified atom stereocenters. The van der Waals surface area contributed by atoms with Crippen LogP contribution in [-0.2, 0) is 11.3 Å². The molecule has 30 heavy (non-hydrogen) atoms. The summed E-state index contributed by atoms with van der Waals surface area (Å²) in [5, 5.41) is 14.7. The Morgan fingerprint density at radius 2 is 1.97 bits per heavy atom. The minimum absolute atomic E-state index is 0.162. The van der Waals surface area contributed by atoms with E-state index in [0.29, 0.717) is 23.5 Å². The highest BCUT2D eigenvalue weighted by molar-refractivity contribution is 6.06. The number of aliphatic hydroxyl groups is 1.